The zero-order valence-corrected chi connectivity index (χ0v) is 12.2. The molecule has 0 unspecified atom stereocenters. The Morgan fingerprint density at radius 1 is 1.21 bits per heavy atom. The number of benzene rings is 1. The van der Waals surface area contributed by atoms with Gasteiger partial charge in [-0.15, -0.1) is 11.6 Å². The van der Waals surface area contributed by atoms with Crippen molar-refractivity contribution in [2.45, 2.75) is 26.3 Å². The number of pyridine rings is 1. The van der Waals surface area contributed by atoms with E-state index in [9.17, 15) is 0 Å². The Bertz CT molecular complexity index is 526. The van der Waals surface area contributed by atoms with Crippen LogP contribution in [0.2, 0.25) is 0 Å². The van der Waals surface area contributed by atoms with Gasteiger partial charge >= 0.3 is 0 Å². The predicted octanol–water partition coefficient (Wildman–Crippen LogP) is 4.16. The molecule has 0 radical (unpaired) electrons. The summed E-state index contributed by atoms with van der Waals surface area (Å²) in [5.41, 5.74) is 4.61. The van der Waals surface area contributed by atoms with E-state index < -0.39 is 0 Å². The fraction of sp³-hybridized carbons (Fsp3) is 0.312. The van der Waals surface area contributed by atoms with Gasteiger partial charge in [0.05, 0.1) is 5.88 Å². The summed E-state index contributed by atoms with van der Waals surface area (Å²) < 4.78 is 0. The molecule has 3 heteroatoms. The van der Waals surface area contributed by atoms with Crippen LogP contribution >= 0.6 is 11.6 Å². The lowest BCUT2D eigenvalue weighted by atomic mass is 10.1. The standard InChI is InChI=1S/C16H19ClN2/c1-3-19(12-14-7-5-4-6-8-14)16-9-13(2)18-11-15(16)10-17/h4-9,11H,3,10,12H2,1-2H3. The molecule has 0 aliphatic rings. The highest BCUT2D eigenvalue weighted by atomic mass is 35.5. The molecular formula is C16H19ClN2. The second-order valence-corrected chi connectivity index (χ2v) is 4.86. The molecule has 1 aromatic carbocycles. The Morgan fingerprint density at radius 3 is 2.58 bits per heavy atom. The number of halogens is 1. The third-order valence-corrected chi connectivity index (χ3v) is 3.47. The van der Waals surface area contributed by atoms with E-state index in [4.69, 9.17) is 11.6 Å². The number of alkyl halides is 1. The lowest BCUT2D eigenvalue weighted by molar-refractivity contribution is 0.823. The van der Waals surface area contributed by atoms with Gasteiger partial charge in [-0.2, -0.15) is 0 Å². The van der Waals surface area contributed by atoms with Crippen LogP contribution in [0.25, 0.3) is 0 Å². The van der Waals surface area contributed by atoms with Gasteiger partial charge in [0.15, 0.2) is 0 Å². The Hall–Kier alpha value is -1.54. The fourth-order valence-corrected chi connectivity index (χ4v) is 2.35. The average Bonchev–Trinajstić information content (AvgIpc) is 2.46. The highest BCUT2D eigenvalue weighted by molar-refractivity contribution is 6.17. The van der Waals surface area contributed by atoms with Gasteiger partial charge in [0.2, 0.25) is 0 Å². The molecule has 0 amide bonds. The molecule has 0 aliphatic carbocycles. The summed E-state index contributed by atoms with van der Waals surface area (Å²) in [5, 5.41) is 0. The van der Waals surface area contributed by atoms with E-state index in [0.717, 1.165) is 24.3 Å². The Kier molecular flexibility index (Phi) is 4.80. The molecule has 0 saturated heterocycles. The van der Waals surface area contributed by atoms with Crippen LogP contribution in [0.15, 0.2) is 42.6 Å². The van der Waals surface area contributed by atoms with Crippen LogP contribution < -0.4 is 4.90 Å². The first kappa shape index (κ1) is 13.9. The number of hydrogen-bond acceptors (Lipinski definition) is 2. The van der Waals surface area contributed by atoms with E-state index in [2.05, 4.69) is 47.1 Å². The van der Waals surface area contributed by atoms with Crippen LogP contribution in [0.5, 0.6) is 0 Å². The minimum atomic E-state index is 0.494. The summed E-state index contributed by atoms with van der Waals surface area (Å²) in [6, 6.07) is 12.6. The van der Waals surface area contributed by atoms with Gasteiger partial charge in [0.1, 0.15) is 0 Å². The second kappa shape index (κ2) is 6.58. The highest BCUT2D eigenvalue weighted by Crippen LogP contribution is 2.24. The van der Waals surface area contributed by atoms with Crippen molar-refractivity contribution < 1.29 is 0 Å². The minimum absolute atomic E-state index is 0.494. The molecule has 0 spiro atoms. The number of aryl methyl sites for hydroxylation is 1. The van der Waals surface area contributed by atoms with Gasteiger partial charge in [0, 0.05) is 36.2 Å². The highest BCUT2D eigenvalue weighted by Gasteiger charge is 2.10. The summed E-state index contributed by atoms with van der Waals surface area (Å²) in [4.78, 5) is 6.66. The SMILES string of the molecule is CCN(Cc1ccccc1)c1cc(C)ncc1CCl. The summed E-state index contributed by atoms with van der Waals surface area (Å²) in [7, 11) is 0. The van der Waals surface area contributed by atoms with E-state index in [1.54, 1.807) is 0 Å². The van der Waals surface area contributed by atoms with Gasteiger partial charge in [-0.1, -0.05) is 30.3 Å². The topological polar surface area (TPSA) is 16.1 Å². The Balaban J connectivity index is 2.29. The van der Waals surface area contributed by atoms with E-state index in [1.165, 1.54) is 11.3 Å². The summed E-state index contributed by atoms with van der Waals surface area (Å²) in [6.45, 7) is 6.02. The number of rotatable bonds is 5. The number of aromatic nitrogens is 1. The normalized spacial score (nSPS) is 10.5. The largest absolute Gasteiger partial charge is 0.367 e. The molecule has 2 rings (SSSR count). The third kappa shape index (κ3) is 3.48. The van der Waals surface area contributed by atoms with Gasteiger partial charge in [-0.3, -0.25) is 4.98 Å². The average molecular weight is 275 g/mol. The first-order chi connectivity index (χ1) is 9.24. The van der Waals surface area contributed by atoms with Crippen LogP contribution in [-0.4, -0.2) is 11.5 Å². The first-order valence-electron chi connectivity index (χ1n) is 6.55. The predicted molar refractivity (Wildman–Crippen MR) is 81.7 cm³/mol. The molecule has 0 bridgehead atoms. The zero-order chi connectivity index (χ0) is 13.7. The van der Waals surface area contributed by atoms with Crippen molar-refractivity contribution in [3.05, 3.63) is 59.4 Å². The maximum Gasteiger partial charge on any atom is 0.0509 e. The lowest BCUT2D eigenvalue weighted by Gasteiger charge is -2.25. The molecule has 2 nitrogen and oxygen atoms in total. The van der Waals surface area contributed by atoms with Crippen LogP contribution in [-0.2, 0) is 12.4 Å². The minimum Gasteiger partial charge on any atom is -0.367 e. The fourth-order valence-electron chi connectivity index (χ4n) is 2.14. The van der Waals surface area contributed by atoms with Crippen molar-refractivity contribution in [3.8, 4) is 0 Å². The Morgan fingerprint density at radius 2 is 1.95 bits per heavy atom. The van der Waals surface area contributed by atoms with Crippen molar-refractivity contribution in [1.29, 1.82) is 0 Å². The molecule has 1 heterocycles. The van der Waals surface area contributed by atoms with Gasteiger partial charge in [-0.05, 0) is 25.5 Å². The summed E-state index contributed by atoms with van der Waals surface area (Å²) in [5.74, 6) is 0.494. The monoisotopic (exact) mass is 274 g/mol. The summed E-state index contributed by atoms with van der Waals surface area (Å²) >= 11 is 6.02. The van der Waals surface area contributed by atoms with Crippen LogP contribution in [0.1, 0.15) is 23.7 Å². The smallest absolute Gasteiger partial charge is 0.0509 e. The molecule has 0 fully saturated rings. The van der Waals surface area contributed by atoms with E-state index in [-0.39, 0.29) is 0 Å². The van der Waals surface area contributed by atoms with Crippen LogP contribution in [0.3, 0.4) is 0 Å². The second-order valence-electron chi connectivity index (χ2n) is 4.59. The van der Waals surface area contributed by atoms with Gasteiger partial charge < -0.3 is 4.90 Å². The quantitative estimate of drug-likeness (QED) is 0.761. The molecule has 0 saturated carbocycles. The number of anilines is 1. The van der Waals surface area contributed by atoms with Crippen molar-refractivity contribution in [1.82, 2.24) is 4.98 Å². The molecule has 0 atom stereocenters. The molecule has 19 heavy (non-hydrogen) atoms. The van der Waals surface area contributed by atoms with E-state index in [1.807, 2.05) is 19.2 Å². The third-order valence-electron chi connectivity index (χ3n) is 3.18. The van der Waals surface area contributed by atoms with E-state index in [0.29, 0.717) is 5.88 Å². The molecule has 100 valence electrons. The van der Waals surface area contributed by atoms with Crippen LogP contribution in [0.4, 0.5) is 5.69 Å². The molecule has 0 N–H and O–H groups in total. The maximum absolute atomic E-state index is 6.02. The first-order valence-corrected chi connectivity index (χ1v) is 7.08. The summed E-state index contributed by atoms with van der Waals surface area (Å²) in [6.07, 6.45) is 1.88. The zero-order valence-electron chi connectivity index (χ0n) is 11.4. The van der Waals surface area contributed by atoms with Crippen LogP contribution in [0, 0.1) is 6.92 Å². The number of nitrogens with zero attached hydrogens (tertiary/aromatic N) is 2. The van der Waals surface area contributed by atoms with Crippen molar-refractivity contribution in [2.24, 2.45) is 0 Å². The van der Waals surface area contributed by atoms with E-state index >= 15 is 0 Å². The Labute approximate surface area is 120 Å². The molecule has 2 aromatic rings. The molecular weight excluding hydrogens is 256 g/mol. The van der Waals surface area contributed by atoms with Crippen molar-refractivity contribution >= 4 is 17.3 Å². The maximum atomic E-state index is 6.02. The number of hydrogen-bond donors (Lipinski definition) is 0. The molecule has 0 aliphatic heterocycles. The van der Waals surface area contributed by atoms with Crippen molar-refractivity contribution in [2.75, 3.05) is 11.4 Å². The van der Waals surface area contributed by atoms with Crippen molar-refractivity contribution in [3.63, 3.8) is 0 Å². The molecule has 1 aromatic heterocycles. The van der Waals surface area contributed by atoms with Gasteiger partial charge in [0.25, 0.3) is 0 Å². The van der Waals surface area contributed by atoms with Gasteiger partial charge in [-0.25, -0.2) is 0 Å². The lowest BCUT2D eigenvalue weighted by Crippen LogP contribution is -2.23.